The van der Waals surface area contributed by atoms with E-state index in [2.05, 4.69) is 70.7 Å². The first kappa shape index (κ1) is 16.4. The highest BCUT2D eigenvalue weighted by molar-refractivity contribution is 5.83. The molecule has 4 aromatic carbocycles. The number of hydrogen-bond acceptors (Lipinski definition) is 1. The van der Waals surface area contributed by atoms with Gasteiger partial charge in [-0.15, -0.1) is 0 Å². The van der Waals surface area contributed by atoms with Gasteiger partial charge in [0.15, 0.2) is 0 Å². The largest absolute Gasteiger partial charge is 0.125 e. The zero-order valence-electron chi connectivity index (χ0n) is 15.2. The van der Waals surface area contributed by atoms with Gasteiger partial charge < -0.3 is 0 Å². The van der Waals surface area contributed by atoms with Gasteiger partial charge in [-0.05, 0) is 44.5 Å². The summed E-state index contributed by atoms with van der Waals surface area (Å²) in [7, 11) is 0. The van der Waals surface area contributed by atoms with E-state index in [0.29, 0.717) is 0 Å². The molecule has 0 saturated heterocycles. The van der Waals surface area contributed by atoms with Gasteiger partial charge in [0, 0.05) is 4.91 Å². The maximum absolute atomic E-state index is 9.50. The van der Waals surface area contributed by atoms with Crippen molar-refractivity contribution >= 4 is 0 Å². The van der Waals surface area contributed by atoms with Crippen molar-refractivity contribution in [2.45, 2.75) is 5.54 Å². The van der Waals surface area contributed by atoms with Gasteiger partial charge >= 0.3 is 0 Å². The molecule has 0 bridgehead atoms. The first-order valence-electron chi connectivity index (χ1n) is 9.26. The SMILES string of the molecule is [N-]=[N+]=NC1(c2ccc(-c3ccccc3)cc2)c2ccccc2-c2ccccc21. The average Bonchev–Trinajstić information content (AvgIpc) is 3.06. The minimum Gasteiger partial charge on any atom is -0.0730 e. The lowest BCUT2D eigenvalue weighted by atomic mass is 9.81. The molecule has 0 radical (unpaired) electrons. The molecule has 28 heavy (non-hydrogen) atoms. The van der Waals surface area contributed by atoms with Gasteiger partial charge in [0.25, 0.3) is 0 Å². The second-order valence-corrected chi connectivity index (χ2v) is 6.93. The van der Waals surface area contributed by atoms with Crippen LogP contribution in [0.4, 0.5) is 0 Å². The summed E-state index contributed by atoms with van der Waals surface area (Å²) in [6.07, 6.45) is 0. The van der Waals surface area contributed by atoms with Crippen LogP contribution in [0.5, 0.6) is 0 Å². The molecule has 0 atom stereocenters. The third kappa shape index (κ3) is 2.27. The number of azide groups is 1. The van der Waals surface area contributed by atoms with Crippen LogP contribution >= 0.6 is 0 Å². The Balaban J connectivity index is 1.75. The van der Waals surface area contributed by atoms with E-state index in [1.807, 2.05) is 42.5 Å². The highest BCUT2D eigenvalue weighted by Gasteiger charge is 2.43. The van der Waals surface area contributed by atoms with Gasteiger partial charge in [0.05, 0.1) is 0 Å². The Kier molecular flexibility index (Phi) is 3.75. The van der Waals surface area contributed by atoms with Crippen molar-refractivity contribution in [2.24, 2.45) is 5.11 Å². The smallest absolute Gasteiger partial charge is 0.0730 e. The van der Waals surface area contributed by atoms with Crippen molar-refractivity contribution in [1.82, 2.24) is 0 Å². The molecule has 132 valence electrons. The Bertz CT molecular complexity index is 1160. The van der Waals surface area contributed by atoms with Gasteiger partial charge in [0.2, 0.25) is 0 Å². The molecule has 0 aromatic heterocycles. The zero-order valence-corrected chi connectivity index (χ0v) is 15.2. The van der Waals surface area contributed by atoms with E-state index in [0.717, 1.165) is 33.4 Å². The van der Waals surface area contributed by atoms with Crippen LogP contribution in [0, 0.1) is 0 Å². The van der Waals surface area contributed by atoms with Crippen LogP contribution in [0.2, 0.25) is 0 Å². The van der Waals surface area contributed by atoms with Crippen molar-refractivity contribution in [3.63, 3.8) is 0 Å². The zero-order chi connectivity index (χ0) is 19.0. The van der Waals surface area contributed by atoms with Crippen molar-refractivity contribution in [1.29, 1.82) is 0 Å². The third-order valence-corrected chi connectivity index (χ3v) is 5.53. The summed E-state index contributed by atoms with van der Waals surface area (Å²) >= 11 is 0. The van der Waals surface area contributed by atoms with Crippen LogP contribution in [0.1, 0.15) is 16.7 Å². The maximum Gasteiger partial charge on any atom is 0.125 e. The van der Waals surface area contributed by atoms with Gasteiger partial charge in [-0.1, -0.05) is 108 Å². The molecule has 4 aromatic rings. The second kappa shape index (κ2) is 6.41. The number of rotatable bonds is 3. The van der Waals surface area contributed by atoms with E-state index in [9.17, 15) is 5.53 Å². The lowest BCUT2D eigenvalue weighted by Crippen LogP contribution is -2.23. The van der Waals surface area contributed by atoms with Gasteiger partial charge in [-0.2, -0.15) is 0 Å². The molecule has 3 nitrogen and oxygen atoms in total. The Hall–Kier alpha value is -3.81. The quantitative estimate of drug-likeness (QED) is 0.216. The van der Waals surface area contributed by atoms with Crippen molar-refractivity contribution in [3.05, 3.63) is 130 Å². The van der Waals surface area contributed by atoms with Crippen LogP contribution < -0.4 is 0 Å². The molecular weight excluding hydrogens is 342 g/mol. The third-order valence-electron chi connectivity index (χ3n) is 5.53. The molecule has 0 aliphatic heterocycles. The molecule has 0 spiro atoms. The topological polar surface area (TPSA) is 48.8 Å². The van der Waals surface area contributed by atoms with Crippen molar-refractivity contribution < 1.29 is 0 Å². The van der Waals surface area contributed by atoms with Crippen LogP contribution in [0.3, 0.4) is 0 Å². The molecule has 0 amide bonds. The molecule has 3 heteroatoms. The normalized spacial score (nSPS) is 13.3. The second-order valence-electron chi connectivity index (χ2n) is 6.93. The van der Waals surface area contributed by atoms with Crippen molar-refractivity contribution in [2.75, 3.05) is 0 Å². The van der Waals surface area contributed by atoms with Gasteiger partial charge in [-0.3, -0.25) is 0 Å². The minimum absolute atomic E-state index is 0.850. The first-order chi connectivity index (χ1) is 13.8. The Labute approximate surface area is 163 Å². The van der Waals surface area contributed by atoms with E-state index in [1.165, 1.54) is 5.56 Å². The molecule has 0 N–H and O–H groups in total. The fraction of sp³-hybridized carbons (Fsp3) is 0.0400. The summed E-state index contributed by atoms with van der Waals surface area (Å²) in [5.74, 6) is 0. The number of nitrogens with zero attached hydrogens (tertiary/aromatic N) is 3. The first-order valence-corrected chi connectivity index (χ1v) is 9.26. The summed E-state index contributed by atoms with van der Waals surface area (Å²) in [5.41, 5.74) is 16.2. The summed E-state index contributed by atoms with van der Waals surface area (Å²) in [4.78, 5) is 3.27. The van der Waals surface area contributed by atoms with Crippen LogP contribution in [0.15, 0.2) is 108 Å². The van der Waals surface area contributed by atoms with Gasteiger partial charge in [0.1, 0.15) is 5.54 Å². The molecule has 0 heterocycles. The van der Waals surface area contributed by atoms with Crippen LogP contribution in [0.25, 0.3) is 32.7 Å². The fourth-order valence-corrected chi connectivity index (χ4v) is 4.29. The summed E-state index contributed by atoms with van der Waals surface area (Å²) in [5, 5.41) is 4.39. The Morgan fingerprint density at radius 1 is 0.571 bits per heavy atom. The number of hydrogen-bond donors (Lipinski definition) is 0. The molecule has 0 saturated carbocycles. The minimum atomic E-state index is -0.850. The molecular formula is C25H17N3. The van der Waals surface area contributed by atoms with E-state index in [4.69, 9.17) is 0 Å². The summed E-state index contributed by atoms with van der Waals surface area (Å²) in [6, 6.07) is 35.0. The van der Waals surface area contributed by atoms with E-state index < -0.39 is 5.54 Å². The summed E-state index contributed by atoms with van der Waals surface area (Å²) < 4.78 is 0. The fourth-order valence-electron chi connectivity index (χ4n) is 4.29. The van der Waals surface area contributed by atoms with Crippen molar-refractivity contribution in [3.8, 4) is 22.3 Å². The lowest BCUT2D eigenvalue weighted by molar-refractivity contribution is 0.666. The predicted octanol–water partition coefficient (Wildman–Crippen LogP) is 6.94. The predicted molar refractivity (Wildman–Crippen MR) is 113 cm³/mol. The highest BCUT2D eigenvalue weighted by Crippen LogP contribution is 2.53. The Morgan fingerprint density at radius 2 is 1.07 bits per heavy atom. The molecule has 0 unspecified atom stereocenters. The Morgan fingerprint density at radius 3 is 1.64 bits per heavy atom. The summed E-state index contributed by atoms with van der Waals surface area (Å²) in [6.45, 7) is 0. The maximum atomic E-state index is 9.50. The molecule has 5 rings (SSSR count). The number of benzene rings is 4. The number of fused-ring (bicyclic) bond motifs is 3. The van der Waals surface area contributed by atoms with E-state index in [-0.39, 0.29) is 0 Å². The molecule has 0 fully saturated rings. The monoisotopic (exact) mass is 359 g/mol. The average molecular weight is 359 g/mol. The van der Waals surface area contributed by atoms with Crippen LogP contribution in [-0.2, 0) is 5.54 Å². The van der Waals surface area contributed by atoms with E-state index >= 15 is 0 Å². The van der Waals surface area contributed by atoms with Crippen LogP contribution in [-0.4, -0.2) is 0 Å². The molecule has 1 aliphatic carbocycles. The lowest BCUT2D eigenvalue weighted by Gasteiger charge is -2.27. The highest BCUT2D eigenvalue weighted by atomic mass is 15.2. The van der Waals surface area contributed by atoms with Gasteiger partial charge in [-0.25, -0.2) is 0 Å². The standard InChI is InChI=1S/C25H17N3/c26-28-27-25(20-16-14-19(15-17-20)18-8-2-1-3-9-18)23-12-6-4-10-21(23)22-11-5-7-13-24(22)25/h1-17H. The molecule has 1 aliphatic rings. The van der Waals surface area contributed by atoms with E-state index in [1.54, 1.807) is 0 Å².